The van der Waals surface area contributed by atoms with Crippen LogP contribution in [0.2, 0.25) is 5.15 Å². The zero-order valence-electron chi connectivity index (χ0n) is 10.8. The van der Waals surface area contributed by atoms with Gasteiger partial charge >= 0.3 is 0 Å². The van der Waals surface area contributed by atoms with Crippen LogP contribution in [0.3, 0.4) is 0 Å². The predicted molar refractivity (Wildman–Crippen MR) is 76.8 cm³/mol. The van der Waals surface area contributed by atoms with Crippen LogP contribution in [0, 0.1) is 0 Å². The molecule has 19 heavy (non-hydrogen) atoms. The molecule has 0 amide bonds. The van der Waals surface area contributed by atoms with E-state index < -0.39 is 0 Å². The summed E-state index contributed by atoms with van der Waals surface area (Å²) in [5, 5.41) is 3.72. The van der Waals surface area contributed by atoms with Crippen molar-refractivity contribution in [2.45, 2.75) is 13.3 Å². The van der Waals surface area contributed by atoms with E-state index in [0.717, 1.165) is 23.6 Å². The smallest absolute Gasteiger partial charge is 0.137 e. The van der Waals surface area contributed by atoms with Crippen molar-refractivity contribution in [2.75, 3.05) is 18.5 Å². The van der Waals surface area contributed by atoms with Gasteiger partial charge in [0.2, 0.25) is 0 Å². The first kappa shape index (κ1) is 13.6. The van der Waals surface area contributed by atoms with Crippen molar-refractivity contribution in [2.24, 2.45) is 0 Å². The number of para-hydroxylation sites is 1. The number of benzene rings is 1. The molecule has 0 saturated carbocycles. The van der Waals surface area contributed by atoms with Gasteiger partial charge in [-0.3, -0.25) is 0 Å². The topological polar surface area (TPSA) is 47.0 Å². The van der Waals surface area contributed by atoms with E-state index in [0.29, 0.717) is 18.3 Å². The first-order chi connectivity index (χ1) is 9.31. The van der Waals surface area contributed by atoms with Crippen molar-refractivity contribution < 1.29 is 4.74 Å². The monoisotopic (exact) mass is 277 g/mol. The molecule has 0 aliphatic carbocycles. The Kier molecular flexibility index (Phi) is 4.98. The molecule has 0 atom stereocenters. The highest BCUT2D eigenvalue weighted by molar-refractivity contribution is 6.30. The van der Waals surface area contributed by atoms with Gasteiger partial charge in [-0.15, -0.1) is 0 Å². The van der Waals surface area contributed by atoms with Crippen LogP contribution in [0.4, 0.5) is 5.82 Å². The third-order valence-electron chi connectivity index (χ3n) is 2.65. The molecule has 1 aromatic heterocycles. The molecule has 0 aliphatic rings. The molecule has 0 radical (unpaired) electrons. The standard InChI is InChI=1S/C14H16ClN3O/c1-2-12-13(15)17-10-18-14(12)16-8-9-19-11-6-4-3-5-7-11/h3-7,10H,2,8-9H2,1H3,(H,16,17,18). The third-order valence-corrected chi connectivity index (χ3v) is 2.98. The molecule has 2 aromatic rings. The summed E-state index contributed by atoms with van der Waals surface area (Å²) in [4.78, 5) is 8.16. The fourth-order valence-electron chi connectivity index (χ4n) is 1.71. The Balaban J connectivity index is 1.85. The van der Waals surface area contributed by atoms with Gasteiger partial charge in [-0.1, -0.05) is 36.7 Å². The highest BCUT2D eigenvalue weighted by Crippen LogP contribution is 2.19. The lowest BCUT2D eigenvalue weighted by molar-refractivity contribution is 0.332. The van der Waals surface area contributed by atoms with E-state index >= 15 is 0 Å². The highest BCUT2D eigenvalue weighted by atomic mass is 35.5. The summed E-state index contributed by atoms with van der Waals surface area (Å²) >= 11 is 6.02. The van der Waals surface area contributed by atoms with Crippen molar-refractivity contribution in [3.8, 4) is 5.75 Å². The summed E-state index contributed by atoms with van der Waals surface area (Å²) in [6, 6.07) is 9.71. The molecule has 1 N–H and O–H groups in total. The fourth-order valence-corrected chi connectivity index (χ4v) is 1.98. The normalized spacial score (nSPS) is 10.2. The van der Waals surface area contributed by atoms with E-state index in [1.54, 1.807) is 0 Å². The summed E-state index contributed by atoms with van der Waals surface area (Å²) in [6.45, 7) is 3.25. The minimum Gasteiger partial charge on any atom is -0.492 e. The number of rotatable bonds is 6. The second kappa shape index (κ2) is 6.95. The second-order valence-corrected chi connectivity index (χ2v) is 4.29. The van der Waals surface area contributed by atoms with Crippen molar-refractivity contribution >= 4 is 17.4 Å². The van der Waals surface area contributed by atoms with Gasteiger partial charge in [0, 0.05) is 5.56 Å². The molecule has 0 spiro atoms. The Morgan fingerprint density at radius 3 is 2.74 bits per heavy atom. The molecular formula is C14H16ClN3O. The lowest BCUT2D eigenvalue weighted by Crippen LogP contribution is -2.14. The minimum absolute atomic E-state index is 0.504. The summed E-state index contributed by atoms with van der Waals surface area (Å²) in [7, 11) is 0. The summed E-state index contributed by atoms with van der Waals surface area (Å²) in [5.74, 6) is 1.64. The van der Waals surface area contributed by atoms with Gasteiger partial charge in [0.25, 0.3) is 0 Å². The summed E-state index contributed by atoms with van der Waals surface area (Å²) in [6.07, 6.45) is 2.25. The van der Waals surface area contributed by atoms with Gasteiger partial charge in [0.1, 0.15) is 29.7 Å². The zero-order chi connectivity index (χ0) is 13.5. The van der Waals surface area contributed by atoms with Gasteiger partial charge in [0.05, 0.1) is 6.54 Å². The van der Waals surface area contributed by atoms with Crippen LogP contribution in [0.25, 0.3) is 0 Å². The van der Waals surface area contributed by atoms with Crippen LogP contribution in [0.15, 0.2) is 36.7 Å². The number of halogens is 1. The molecule has 5 heteroatoms. The van der Waals surface area contributed by atoms with E-state index in [9.17, 15) is 0 Å². The number of hydrogen-bond acceptors (Lipinski definition) is 4. The molecule has 2 rings (SSSR count). The first-order valence-electron chi connectivity index (χ1n) is 6.22. The molecule has 0 bridgehead atoms. The molecule has 1 aromatic carbocycles. The summed E-state index contributed by atoms with van der Waals surface area (Å²) < 4.78 is 5.59. The number of anilines is 1. The quantitative estimate of drug-likeness (QED) is 0.651. The molecule has 1 heterocycles. The average molecular weight is 278 g/mol. The van der Waals surface area contributed by atoms with Gasteiger partial charge in [-0.05, 0) is 18.6 Å². The number of ether oxygens (including phenoxy) is 1. The summed E-state index contributed by atoms with van der Waals surface area (Å²) in [5.41, 5.74) is 0.934. The number of hydrogen-bond donors (Lipinski definition) is 1. The SMILES string of the molecule is CCc1c(Cl)ncnc1NCCOc1ccccc1. The van der Waals surface area contributed by atoms with Gasteiger partial charge in [-0.2, -0.15) is 0 Å². The van der Waals surface area contributed by atoms with Crippen LogP contribution in [-0.2, 0) is 6.42 Å². The molecule has 0 saturated heterocycles. The Morgan fingerprint density at radius 1 is 1.21 bits per heavy atom. The van der Waals surface area contributed by atoms with E-state index in [1.165, 1.54) is 6.33 Å². The molecule has 4 nitrogen and oxygen atoms in total. The second-order valence-electron chi connectivity index (χ2n) is 3.93. The van der Waals surface area contributed by atoms with Gasteiger partial charge < -0.3 is 10.1 Å². The Morgan fingerprint density at radius 2 is 2.00 bits per heavy atom. The third kappa shape index (κ3) is 3.83. The van der Waals surface area contributed by atoms with Crippen molar-refractivity contribution in [1.29, 1.82) is 0 Å². The molecule has 0 unspecified atom stereocenters. The van der Waals surface area contributed by atoms with Crippen LogP contribution in [-0.4, -0.2) is 23.1 Å². The molecule has 0 aliphatic heterocycles. The fraction of sp³-hybridized carbons (Fsp3) is 0.286. The molecule has 100 valence electrons. The van der Waals surface area contributed by atoms with Crippen molar-refractivity contribution in [1.82, 2.24) is 9.97 Å². The Hall–Kier alpha value is -1.81. The van der Waals surface area contributed by atoms with E-state index in [2.05, 4.69) is 15.3 Å². The predicted octanol–water partition coefficient (Wildman–Crippen LogP) is 3.18. The average Bonchev–Trinajstić information content (AvgIpc) is 2.45. The number of nitrogens with zero attached hydrogens (tertiary/aromatic N) is 2. The molecule has 0 fully saturated rings. The van der Waals surface area contributed by atoms with Gasteiger partial charge in [-0.25, -0.2) is 9.97 Å². The van der Waals surface area contributed by atoms with Crippen LogP contribution in [0.5, 0.6) is 5.75 Å². The number of nitrogens with one attached hydrogen (secondary N) is 1. The maximum absolute atomic E-state index is 6.02. The Labute approximate surface area is 117 Å². The Bertz CT molecular complexity index is 519. The van der Waals surface area contributed by atoms with E-state index in [1.807, 2.05) is 37.3 Å². The van der Waals surface area contributed by atoms with E-state index in [-0.39, 0.29) is 0 Å². The van der Waals surface area contributed by atoms with Crippen LogP contribution < -0.4 is 10.1 Å². The van der Waals surface area contributed by atoms with E-state index in [4.69, 9.17) is 16.3 Å². The first-order valence-corrected chi connectivity index (χ1v) is 6.60. The lowest BCUT2D eigenvalue weighted by atomic mass is 10.2. The maximum Gasteiger partial charge on any atom is 0.137 e. The van der Waals surface area contributed by atoms with Gasteiger partial charge in [0.15, 0.2) is 0 Å². The van der Waals surface area contributed by atoms with Crippen LogP contribution in [0.1, 0.15) is 12.5 Å². The highest BCUT2D eigenvalue weighted by Gasteiger charge is 2.06. The largest absolute Gasteiger partial charge is 0.492 e. The maximum atomic E-state index is 6.02. The van der Waals surface area contributed by atoms with Crippen molar-refractivity contribution in [3.05, 3.63) is 47.4 Å². The number of aromatic nitrogens is 2. The molecular weight excluding hydrogens is 262 g/mol. The lowest BCUT2D eigenvalue weighted by Gasteiger charge is -2.11. The zero-order valence-corrected chi connectivity index (χ0v) is 11.5. The van der Waals surface area contributed by atoms with Crippen LogP contribution >= 0.6 is 11.6 Å². The van der Waals surface area contributed by atoms with Crippen molar-refractivity contribution in [3.63, 3.8) is 0 Å². The minimum atomic E-state index is 0.504.